The zero-order valence-electron chi connectivity index (χ0n) is 11.1. The van der Waals surface area contributed by atoms with Crippen LogP contribution in [0, 0.1) is 12.2 Å². The van der Waals surface area contributed by atoms with Crippen molar-refractivity contribution in [2.45, 2.75) is 6.42 Å². The molecule has 0 unspecified atom stereocenters. The van der Waals surface area contributed by atoms with E-state index in [9.17, 15) is 0 Å². The lowest BCUT2D eigenvalue weighted by Crippen LogP contribution is -1.88. The number of rotatable bonds is 2. The third-order valence-corrected chi connectivity index (χ3v) is 3.14. The maximum atomic E-state index is 3.50. The van der Waals surface area contributed by atoms with Crippen molar-refractivity contribution in [3.8, 4) is 0 Å². The standard InChI is InChI=1S/C20H14/c1-4-10-17(11-5-1)16-20(18-12-6-2-7-13-18)19-14-8-3-9-15-19/h1-4,6-9,12-15H,11H2. The van der Waals surface area contributed by atoms with Crippen LogP contribution in [0.15, 0.2) is 84.1 Å². The highest BCUT2D eigenvalue weighted by atomic mass is 14.1. The average molecular weight is 254 g/mol. The topological polar surface area (TPSA) is 0 Å². The predicted molar refractivity (Wildman–Crippen MR) is 82.7 cm³/mol. The minimum atomic E-state index is 0.764. The van der Waals surface area contributed by atoms with Gasteiger partial charge in [0.1, 0.15) is 0 Å². The molecule has 0 aliphatic heterocycles. The van der Waals surface area contributed by atoms with Gasteiger partial charge in [0.25, 0.3) is 0 Å². The minimum Gasteiger partial charge on any atom is -0.107 e. The lowest BCUT2D eigenvalue weighted by atomic mass is 9.97. The van der Waals surface area contributed by atoms with Gasteiger partial charge in [-0.25, -0.2) is 0 Å². The Kier molecular flexibility index (Phi) is 3.78. The number of allylic oxidation sites excluding steroid dienone is 5. The molecule has 0 amide bonds. The first-order valence-electron chi connectivity index (χ1n) is 6.69. The molecule has 0 bridgehead atoms. The van der Waals surface area contributed by atoms with E-state index in [0.29, 0.717) is 0 Å². The van der Waals surface area contributed by atoms with Crippen LogP contribution in [-0.2, 0) is 0 Å². The van der Waals surface area contributed by atoms with Gasteiger partial charge in [-0.05, 0) is 23.3 Å². The lowest BCUT2D eigenvalue weighted by molar-refractivity contribution is 1.21. The highest BCUT2D eigenvalue weighted by Crippen LogP contribution is 2.23. The summed E-state index contributed by atoms with van der Waals surface area (Å²) in [6.07, 6.45) is 11.0. The van der Waals surface area contributed by atoms with Gasteiger partial charge in [-0.1, -0.05) is 72.8 Å². The van der Waals surface area contributed by atoms with Crippen LogP contribution in [0.3, 0.4) is 0 Å². The Morgan fingerprint density at radius 1 is 0.800 bits per heavy atom. The summed E-state index contributed by atoms with van der Waals surface area (Å²) in [5.41, 5.74) is 7.97. The summed E-state index contributed by atoms with van der Waals surface area (Å²) >= 11 is 0. The van der Waals surface area contributed by atoms with Crippen molar-refractivity contribution in [3.63, 3.8) is 0 Å². The summed E-state index contributed by atoms with van der Waals surface area (Å²) in [6.45, 7) is 0. The molecular formula is C20H14. The van der Waals surface area contributed by atoms with Gasteiger partial charge in [0.2, 0.25) is 0 Å². The molecule has 0 heteroatoms. The van der Waals surface area contributed by atoms with Gasteiger partial charge in [-0.2, -0.15) is 0 Å². The van der Waals surface area contributed by atoms with Gasteiger partial charge in [-0.3, -0.25) is 0 Å². The van der Waals surface area contributed by atoms with E-state index >= 15 is 0 Å². The molecule has 0 aromatic heterocycles. The molecule has 0 atom stereocenters. The Morgan fingerprint density at radius 3 is 1.90 bits per heavy atom. The fraction of sp³-hybridized carbons (Fsp3) is 0.0500. The number of hydrogen-bond donors (Lipinski definition) is 0. The van der Waals surface area contributed by atoms with Gasteiger partial charge in [-0.15, -0.1) is 5.73 Å². The van der Waals surface area contributed by atoms with Gasteiger partial charge >= 0.3 is 0 Å². The van der Waals surface area contributed by atoms with Crippen molar-refractivity contribution in [2.75, 3.05) is 0 Å². The highest BCUT2D eigenvalue weighted by molar-refractivity contribution is 5.79. The molecule has 2 aromatic rings. The van der Waals surface area contributed by atoms with Crippen LogP contribution in [-0.4, -0.2) is 0 Å². The van der Waals surface area contributed by atoms with Crippen LogP contribution in [0.1, 0.15) is 17.5 Å². The van der Waals surface area contributed by atoms with E-state index in [-0.39, 0.29) is 0 Å². The predicted octanol–water partition coefficient (Wildman–Crippen LogP) is 4.77. The molecule has 2 radical (unpaired) electrons. The monoisotopic (exact) mass is 254 g/mol. The molecule has 0 heterocycles. The second kappa shape index (κ2) is 6.06. The molecule has 0 saturated carbocycles. The van der Waals surface area contributed by atoms with E-state index in [1.165, 1.54) is 11.1 Å². The fourth-order valence-electron chi connectivity index (χ4n) is 2.17. The molecule has 0 saturated heterocycles. The van der Waals surface area contributed by atoms with Crippen LogP contribution in [0.25, 0.3) is 5.57 Å². The van der Waals surface area contributed by atoms with Crippen LogP contribution >= 0.6 is 0 Å². The second-order valence-corrected chi connectivity index (χ2v) is 4.57. The van der Waals surface area contributed by atoms with E-state index in [1.807, 2.05) is 24.3 Å². The van der Waals surface area contributed by atoms with E-state index < -0.39 is 0 Å². The summed E-state index contributed by atoms with van der Waals surface area (Å²) in [6, 6.07) is 20.7. The summed E-state index contributed by atoms with van der Waals surface area (Å²) in [4.78, 5) is 0. The minimum absolute atomic E-state index is 0.764. The summed E-state index contributed by atoms with van der Waals surface area (Å²) < 4.78 is 0. The number of benzene rings is 2. The molecule has 1 aliphatic carbocycles. The maximum absolute atomic E-state index is 3.50. The molecular weight excluding hydrogens is 240 g/mol. The Balaban J connectivity index is 2.17. The third-order valence-electron chi connectivity index (χ3n) is 3.14. The van der Waals surface area contributed by atoms with Gasteiger partial charge in [0.05, 0.1) is 0 Å². The fourth-order valence-corrected chi connectivity index (χ4v) is 2.17. The molecule has 1 aliphatic rings. The molecule has 0 N–H and O–H groups in total. The molecule has 0 nitrogen and oxygen atoms in total. The van der Waals surface area contributed by atoms with Crippen LogP contribution < -0.4 is 0 Å². The molecule has 94 valence electrons. The Labute approximate surface area is 120 Å². The third kappa shape index (κ3) is 2.88. The number of hydrogen-bond acceptors (Lipinski definition) is 0. The van der Waals surface area contributed by atoms with E-state index in [1.54, 1.807) is 0 Å². The average Bonchev–Trinajstić information content (AvgIpc) is 2.55. The van der Waals surface area contributed by atoms with Crippen molar-refractivity contribution < 1.29 is 0 Å². The summed E-state index contributed by atoms with van der Waals surface area (Å²) in [7, 11) is 0. The van der Waals surface area contributed by atoms with Crippen LogP contribution in [0.2, 0.25) is 0 Å². The Hall–Kier alpha value is -2.56. The normalized spacial score (nSPS) is 13.1. The van der Waals surface area contributed by atoms with Crippen molar-refractivity contribution in [3.05, 3.63) is 107 Å². The van der Waals surface area contributed by atoms with Crippen molar-refractivity contribution in [2.24, 2.45) is 0 Å². The van der Waals surface area contributed by atoms with Crippen LogP contribution in [0.5, 0.6) is 0 Å². The van der Waals surface area contributed by atoms with E-state index in [0.717, 1.165) is 17.6 Å². The molecule has 20 heavy (non-hydrogen) atoms. The van der Waals surface area contributed by atoms with Crippen molar-refractivity contribution >= 4 is 5.57 Å². The van der Waals surface area contributed by atoms with Crippen molar-refractivity contribution in [1.82, 2.24) is 0 Å². The van der Waals surface area contributed by atoms with Gasteiger partial charge in [0, 0.05) is 17.6 Å². The molecule has 0 fully saturated rings. The Bertz CT molecular complexity index is 653. The summed E-state index contributed by atoms with van der Waals surface area (Å²) in [5, 5.41) is 0. The maximum Gasteiger partial charge on any atom is 0.0312 e. The highest BCUT2D eigenvalue weighted by Gasteiger charge is 2.04. The first kappa shape index (κ1) is 12.5. The van der Waals surface area contributed by atoms with Gasteiger partial charge in [0.15, 0.2) is 0 Å². The van der Waals surface area contributed by atoms with Crippen LogP contribution in [0.4, 0.5) is 0 Å². The van der Waals surface area contributed by atoms with Gasteiger partial charge < -0.3 is 0 Å². The zero-order chi connectivity index (χ0) is 13.6. The van der Waals surface area contributed by atoms with E-state index in [4.69, 9.17) is 0 Å². The Morgan fingerprint density at radius 2 is 1.40 bits per heavy atom. The first-order chi connectivity index (χ1) is 9.93. The lowest BCUT2D eigenvalue weighted by Gasteiger charge is -2.06. The zero-order valence-corrected chi connectivity index (χ0v) is 11.1. The molecule has 3 rings (SSSR count). The quantitative estimate of drug-likeness (QED) is 0.677. The largest absolute Gasteiger partial charge is 0.107 e. The SMILES string of the molecule is [C]1=CC=[C]C(=C=C(c2ccccc2)c2ccccc2)C1. The molecule has 0 spiro atoms. The first-order valence-corrected chi connectivity index (χ1v) is 6.69. The van der Waals surface area contributed by atoms with E-state index in [2.05, 4.69) is 66.4 Å². The second-order valence-electron chi connectivity index (χ2n) is 4.57. The summed E-state index contributed by atoms with van der Waals surface area (Å²) in [5.74, 6) is 0. The smallest absolute Gasteiger partial charge is 0.0312 e. The van der Waals surface area contributed by atoms with Crippen molar-refractivity contribution in [1.29, 1.82) is 0 Å². The molecule has 2 aromatic carbocycles.